The highest BCUT2D eigenvalue weighted by atomic mass is 16.6. The number of methoxy groups -OCH3 is 1. The lowest BCUT2D eigenvalue weighted by Crippen LogP contribution is -2.35. The molecular formula is C10H15N3O5. The van der Waals surface area contributed by atoms with Gasteiger partial charge in [-0.15, -0.1) is 0 Å². The maximum absolute atomic E-state index is 11.7. The van der Waals surface area contributed by atoms with Gasteiger partial charge in [0, 0.05) is 19.7 Å². The summed E-state index contributed by atoms with van der Waals surface area (Å²) in [5, 5.41) is 22.4. The molecule has 0 aliphatic heterocycles. The number of rotatable bonds is 6. The van der Waals surface area contributed by atoms with Crippen LogP contribution in [0.3, 0.4) is 0 Å². The number of amides is 1. The number of ether oxygens (including phenoxy) is 1. The molecule has 0 fully saturated rings. The lowest BCUT2D eigenvalue weighted by molar-refractivity contribution is -0.391. The van der Waals surface area contributed by atoms with E-state index in [2.05, 4.69) is 5.32 Å². The van der Waals surface area contributed by atoms with E-state index in [0.717, 1.165) is 0 Å². The van der Waals surface area contributed by atoms with Crippen LogP contribution in [0.2, 0.25) is 0 Å². The molecule has 8 nitrogen and oxygen atoms in total. The molecule has 100 valence electrons. The summed E-state index contributed by atoms with van der Waals surface area (Å²) in [5.74, 6) is -0.654. The first kappa shape index (κ1) is 14.1. The number of carbonyl (C=O) groups excluding carboxylic acids is 1. The van der Waals surface area contributed by atoms with Crippen LogP contribution in [-0.2, 0) is 11.8 Å². The van der Waals surface area contributed by atoms with Crippen molar-refractivity contribution in [1.29, 1.82) is 0 Å². The molecule has 8 heteroatoms. The predicted octanol–water partition coefficient (Wildman–Crippen LogP) is -0.330. The molecule has 1 aromatic rings. The Morgan fingerprint density at radius 2 is 2.33 bits per heavy atom. The summed E-state index contributed by atoms with van der Waals surface area (Å²) >= 11 is 0. The molecule has 0 radical (unpaired) electrons. The zero-order valence-electron chi connectivity index (χ0n) is 10.1. The summed E-state index contributed by atoms with van der Waals surface area (Å²) in [7, 11) is 2.87. The number of carbonyl (C=O) groups is 1. The number of aliphatic hydroxyl groups is 1. The van der Waals surface area contributed by atoms with Crippen molar-refractivity contribution in [1.82, 2.24) is 9.88 Å². The Morgan fingerprint density at radius 1 is 1.67 bits per heavy atom. The maximum Gasteiger partial charge on any atom is 0.323 e. The molecular weight excluding hydrogens is 242 g/mol. The van der Waals surface area contributed by atoms with Gasteiger partial charge in [0.05, 0.1) is 19.8 Å². The molecule has 1 rings (SSSR count). The van der Waals surface area contributed by atoms with E-state index in [1.54, 1.807) is 0 Å². The first-order valence-electron chi connectivity index (χ1n) is 5.22. The van der Waals surface area contributed by atoms with Crippen LogP contribution in [0.25, 0.3) is 0 Å². The zero-order valence-corrected chi connectivity index (χ0v) is 10.1. The molecule has 18 heavy (non-hydrogen) atoms. The SMILES string of the molecule is COCC(O)CNC(=O)c1ccc([N+](=O)[O-])n1C. The van der Waals surface area contributed by atoms with Gasteiger partial charge < -0.3 is 25.3 Å². The largest absolute Gasteiger partial charge is 0.389 e. The Kier molecular flexibility index (Phi) is 4.81. The molecule has 0 aliphatic rings. The second-order valence-corrected chi connectivity index (χ2v) is 3.71. The predicted molar refractivity (Wildman–Crippen MR) is 62.3 cm³/mol. The first-order chi connectivity index (χ1) is 8.47. The summed E-state index contributed by atoms with van der Waals surface area (Å²) in [4.78, 5) is 21.7. The Morgan fingerprint density at radius 3 is 2.83 bits per heavy atom. The van der Waals surface area contributed by atoms with Crippen LogP contribution in [-0.4, -0.2) is 46.9 Å². The third-order valence-corrected chi connectivity index (χ3v) is 2.37. The number of nitrogens with one attached hydrogen (secondary N) is 1. The molecule has 2 N–H and O–H groups in total. The summed E-state index contributed by atoms with van der Waals surface area (Å²) in [6.07, 6.45) is -0.811. The quantitative estimate of drug-likeness (QED) is 0.536. The molecule has 0 saturated heterocycles. The van der Waals surface area contributed by atoms with Crippen molar-refractivity contribution in [3.05, 3.63) is 27.9 Å². The molecule has 0 bridgehead atoms. The van der Waals surface area contributed by atoms with Crippen LogP contribution in [0.15, 0.2) is 12.1 Å². The van der Waals surface area contributed by atoms with E-state index in [9.17, 15) is 20.0 Å². The number of aliphatic hydroxyl groups excluding tert-OH is 1. The van der Waals surface area contributed by atoms with Crippen LogP contribution in [0.1, 0.15) is 10.5 Å². The van der Waals surface area contributed by atoms with E-state index >= 15 is 0 Å². The van der Waals surface area contributed by atoms with E-state index in [4.69, 9.17) is 4.74 Å². The van der Waals surface area contributed by atoms with E-state index in [1.165, 1.54) is 30.9 Å². The molecule has 0 saturated carbocycles. The normalized spacial score (nSPS) is 12.2. The summed E-state index contributed by atoms with van der Waals surface area (Å²) < 4.78 is 5.88. The number of nitro groups is 1. The minimum absolute atomic E-state index is 0.0195. The van der Waals surface area contributed by atoms with Crippen molar-refractivity contribution in [3.63, 3.8) is 0 Å². The number of aromatic nitrogens is 1. The topological polar surface area (TPSA) is 107 Å². The van der Waals surface area contributed by atoms with E-state index < -0.39 is 16.9 Å². The van der Waals surface area contributed by atoms with Crippen molar-refractivity contribution >= 4 is 11.7 Å². The van der Waals surface area contributed by atoms with Gasteiger partial charge in [-0.2, -0.15) is 0 Å². The van der Waals surface area contributed by atoms with Crippen molar-refractivity contribution in [2.45, 2.75) is 6.10 Å². The molecule has 1 atom stereocenters. The minimum Gasteiger partial charge on any atom is -0.389 e. The van der Waals surface area contributed by atoms with E-state index in [-0.39, 0.29) is 24.7 Å². The van der Waals surface area contributed by atoms with Crippen molar-refractivity contribution in [2.75, 3.05) is 20.3 Å². The Labute approximate surface area is 103 Å². The van der Waals surface area contributed by atoms with Crippen LogP contribution in [0.5, 0.6) is 0 Å². The van der Waals surface area contributed by atoms with Gasteiger partial charge in [-0.1, -0.05) is 0 Å². The fourth-order valence-electron chi connectivity index (χ4n) is 1.46. The van der Waals surface area contributed by atoms with Crippen molar-refractivity contribution < 1.29 is 19.6 Å². The lowest BCUT2D eigenvalue weighted by atomic mass is 10.3. The number of nitrogens with zero attached hydrogens (tertiary/aromatic N) is 2. The molecule has 0 spiro atoms. The summed E-state index contributed by atoms with van der Waals surface area (Å²) in [6.45, 7) is 0.124. The summed E-state index contributed by atoms with van der Waals surface area (Å²) in [5.41, 5.74) is 0.159. The van der Waals surface area contributed by atoms with E-state index in [1.807, 2.05) is 0 Å². The molecule has 1 unspecified atom stereocenters. The Balaban J connectivity index is 2.65. The fraction of sp³-hybridized carbons (Fsp3) is 0.500. The molecule has 1 amide bonds. The number of hydrogen-bond donors (Lipinski definition) is 2. The fourth-order valence-corrected chi connectivity index (χ4v) is 1.46. The average molecular weight is 257 g/mol. The van der Waals surface area contributed by atoms with Gasteiger partial charge in [-0.05, 0) is 11.0 Å². The summed E-state index contributed by atoms with van der Waals surface area (Å²) in [6, 6.07) is 2.61. The minimum atomic E-state index is -0.811. The van der Waals surface area contributed by atoms with Gasteiger partial charge in [0.2, 0.25) is 0 Å². The smallest absolute Gasteiger partial charge is 0.323 e. The third-order valence-electron chi connectivity index (χ3n) is 2.37. The maximum atomic E-state index is 11.7. The van der Waals surface area contributed by atoms with Gasteiger partial charge in [0.15, 0.2) is 5.69 Å². The van der Waals surface area contributed by atoms with Gasteiger partial charge in [-0.25, -0.2) is 4.57 Å². The van der Waals surface area contributed by atoms with Gasteiger partial charge in [0.1, 0.15) is 0 Å². The Hall–Kier alpha value is -1.93. The standard InChI is InChI=1S/C10H15N3O5/c1-12-8(3-4-9(12)13(16)17)10(15)11-5-7(14)6-18-2/h3-4,7,14H,5-6H2,1-2H3,(H,11,15). The van der Waals surface area contributed by atoms with Crippen molar-refractivity contribution in [3.8, 4) is 0 Å². The highest BCUT2D eigenvalue weighted by Crippen LogP contribution is 2.14. The van der Waals surface area contributed by atoms with Crippen molar-refractivity contribution in [2.24, 2.45) is 7.05 Å². The second kappa shape index (κ2) is 6.12. The van der Waals surface area contributed by atoms with Crippen LogP contribution < -0.4 is 5.32 Å². The molecule has 0 aliphatic carbocycles. The second-order valence-electron chi connectivity index (χ2n) is 3.71. The molecule has 1 aromatic heterocycles. The van der Waals surface area contributed by atoms with Crippen LogP contribution in [0, 0.1) is 10.1 Å². The van der Waals surface area contributed by atoms with Gasteiger partial charge in [0.25, 0.3) is 5.91 Å². The van der Waals surface area contributed by atoms with Gasteiger partial charge in [-0.3, -0.25) is 4.79 Å². The monoisotopic (exact) mass is 257 g/mol. The third kappa shape index (κ3) is 3.28. The first-order valence-corrected chi connectivity index (χ1v) is 5.22. The highest BCUT2D eigenvalue weighted by molar-refractivity contribution is 5.93. The zero-order chi connectivity index (χ0) is 13.7. The highest BCUT2D eigenvalue weighted by Gasteiger charge is 2.20. The van der Waals surface area contributed by atoms with Crippen LogP contribution in [0.4, 0.5) is 5.82 Å². The molecule has 0 aromatic carbocycles. The van der Waals surface area contributed by atoms with Crippen LogP contribution >= 0.6 is 0 Å². The number of hydrogen-bond acceptors (Lipinski definition) is 5. The van der Waals surface area contributed by atoms with E-state index in [0.29, 0.717) is 0 Å². The molecule has 1 heterocycles. The van der Waals surface area contributed by atoms with Gasteiger partial charge >= 0.3 is 5.82 Å². The Bertz CT molecular complexity index is 443. The average Bonchev–Trinajstić information content (AvgIpc) is 2.68. The lowest BCUT2D eigenvalue weighted by Gasteiger charge is -2.09.